The van der Waals surface area contributed by atoms with Crippen LogP contribution in [0.4, 0.5) is 0 Å². The largest absolute Gasteiger partial charge is 0.388 e. The minimum absolute atomic E-state index is 0. The fourth-order valence-electron chi connectivity index (χ4n) is 2.06. The number of carbonyl (C=O) groups is 1. The summed E-state index contributed by atoms with van der Waals surface area (Å²) in [7, 11) is 0. The fraction of sp³-hybridized carbons (Fsp3) is 0.923. The normalized spacial score (nSPS) is 30.1. The standard InChI is InChI=1S/C13H26N2O5.ClH/c1-10(16)15-6-5-14-4-2-3-7-20-9-12(18)13(19)11(17)8-15;/h11-14,17-19H,2-9H2,1H3;1H/t11-,12+,13+;/m0./s1. The van der Waals surface area contributed by atoms with Gasteiger partial charge < -0.3 is 30.3 Å². The highest BCUT2D eigenvalue weighted by molar-refractivity contribution is 5.85. The van der Waals surface area contributed by atoms with Crippen LogP contribution >= 0.6 is 12.4 Å². The van der Waals surface area contributed by atoms with E-state index in [4.69, 9.17) is 4.74 Å². The molecule has 1 heterocycles. The molecule has 0 spiro atoms. The topological polar surface area (TPSA) is 102 Å². The summed E-state index contributed by atoms with van der Waals surface area (Å²) in [6, 6.07) is 0. The Morgan fingerprint density at radius 1 is 1.19 bits per heavy atom. The van der Waals surface area contributed by atoms with E-state index >= 15 is 0 Å². The van der Waals surface area contributed by atoms with Gasteiger partial charge in [-0.3, -0.25) is 4.79 Å². The predicted molar refractivity (Wildman–Crippen MR) is 80.4 cm³/mol. The second-order valence-corrected chi connectivity index (χ2v) is 5.12. The molecule has 0 aliphatic carbocycles. The smallest absolute Gasteiger partial charge is 0.219 e. The Kier molecular flexibility index (Phi) is 10.9. The summed E-state index contributed by atoms with van der Waals surface area (Å²) in [6.07, 6.45) is -1.87. The van der Waals surface area contributed by atoms with E-state index in [1.54, 1.807) is 0 Å². The molecular formula is C13H27ClN2O5. The highest BCUT2D eigenvalue weighted by Gasteiger charge is 2.27. The average molecular weight is 327 g/mol. The van der Waals surface area contributed by atoms with Crippen molar-refractivity contribution in [1.82, 2.24) is 10.2 Å². The number of aliphatic hydroxyl groups excluding tert-OH is 3. The molecular weight excluding hydrogens is 300 g/mol. The molecule has 0 bridgehead atoms. The third-order valence-electron chi connectivity index (χ3n) is 3.38. The third-order valence-corrected chi connectivity index (χ3v) is 3.38. The molecule has 1 amide bonds. The molecule has 1 fully saturated rings. The quantitative estimate of drug-likeness (QED) is 0.443. The summed E-state index contributed by atoms with van der Waals surface area (Å²) in [5.41, 5.74) is 0. The van der Waals surface area contributed by atoms with Gasteiger partial charge in [0, 0.05) is 33.2 Å². The maximum absolute atomic E-state index is 11.5. The van der Waals surface area contributed by atoms with Gasteiger partial charge in [0.1, 0.15) is 18.3 Å². The van der Waals surface area contributed by atoms with E-state index < -0.39 is 18.3 Å². The van der Waals surface area contributed by atoms with Gasteiger partial charge in [-0.15, -0.1) is 12.4 Å². The van der Waals surface area contributed by atoms with Crippen LogP contribution in [0.25, 0.3) is 0 Å². The van der Waals surface area contributed by atoms with Crippen LogP contribution in [-0.4, -0.2) is 83.8 Å². The zero-order chi connectivity index (χ0) is 15.0. The van der Waals surface area contributed by atoms with E-state index in [1.165, 1.54) is 11.8 Å². The van der Waals surface area contributed by atoms with Crippen LogP contribution in [-0.2, 0) is 9.53 Å². The molecule has 1 aliphatic heterocycles. The molecule has 0 aromatic rings. The highest BCUT2D eigenvalue weighted by atomic mass is 35.5. The summed E-state index contributed by atoms with van der Waals surface area (Å²) >= 11 is 0. The first kappa shape index (κ1) is 20.6. The molecule has 0 unspecified atom stereocenters. The van der Waals surface area contributed by atoms with Crippen molar-refractivity contribution in [2.24, 2.45) is 0 Å². The molecule has 1 saturated heterocycles. The first-order valence-electron chi connectivity index (χ1n) is 7.10. The number of hydrogen-bond acceptors (Lipinski definition) is 6. The summed E-state index contributed by atoms with van der Waals surface area (Å²) in [6.45, 7) is 3.84. The number of rotatable bonds is 0. The van der Waals surface area contributed by atoms with Crippen molar-refractivity contribution >= 4 is 18.3 Å². The second-order valence-electron chi connectivity index (χ2n) is 5.12. The van der Waals surface area contributed by atoms with E-state index in [0.717, 1.165) is 19.4 Å². The van der Waals surface area contributed by atoms with Crippen LogP contribution in [0.15, 0.2) is 0 Å². The van der Waals surface area contributed by atoms with Gasteiger partial charge in [0.25, 0.3) is 0 Å². The lowest BCUT2D eigenvalue weighted by molar-refractivity contribution is -0.134. The SMILES string of the molecule is CC(=O)N1CCNCCCCOC[C@@H](O)[C@H](O)[C@@H](O)C1.Cl. The van der Waals surface area contributed by atoms with E-state index in [1.807, 2.05) is 0 Å². The van der Waals surface area contributed by atoms with Gasteiger partial charge in [-0.1, -0.05) is 0 Å². The lowest BCUT2D eigenvalue weighted by Gasteiger charge is -2.29. The van der Waals surface area contributed by atoms with Gasteiger partial charge in [-0.2, -0.15) is 0 Å². The molecule has 7 nitrogen and oxygen atoms in total. The molecule has 0 saturated carbocycles. The van der Waals surface area contributed by atoms with Crippen molar-refractivity contribution in [2.75, 3.05) is 39.4 Å². The lowest BCUT2D eigenvalue weighted by Crippen LogP contribution is -2.48. The van der Waals surface area contributed by atoms with Crippen molar-refractivity contribution in [1.29, 1.82) is 0 Å². The van der Waals surface area contributed by atoms with Crippen LogP contribution in [0, 0.1) is 0 Å². The highest BCUT2D eigenvalue weighted by Crippen LogP contribution is 2.05. The maximum atomic E-state index is 11.5. The van der Waals surface area contributed by atoms with Gasteiger partial charge in [0.15, 0.2) is 0 Å². The van der Waals surface area contributed by atoms with Crippen molar-refractivity contribution in [3.8, 4) is 0 Å². The van der Waals surface area contributed by atoms with Gasteiger partial charge in [0.05, 0.1) is 6.61 Å². The average Bonchev–Trinajstić information content (AvgIpc) is 2.41. The molecule has 8 heteroatoms. The molecule has 1 aliphatic rings. The van der Waals surface area contributed by atoms with Crippen LogP contribution in [0.2, 0.25) is 0 Å². The Labute approximate surface area is 131 Å². The Morgan fingerprint density at radius 2 is 1.90 bits per heavy atom. The monoisotopic (exact) mass is 326 g/mol. The molecule has 0 aromatic heterocycles. The molecule has 0 radical (unpaired) electrons. The zero-order valence-electron chi connectivity index (χ0n) is 12.4. The number of ether oxygens (including phenoxy) is 1. The summed E-state index contributed by atoms with van der Waals surface area (Å²) in [5, 5.41) is 32.7. The lowest BCUT2D eigenvalue weighted by atomic mass is 10.1. The van der Waals surface area contributed by atoms with Crippen LogP contribution < -0.4 is 5.32 Å². The molecule has 0 aromatic carbocycles. The summed E-state index contributed by atoms with van der Waals surface area (Å²) < 4.78 is 5.25. The molecule has 21 heavy (non-hydrogen) atoms. The van der Waals surface area contributed by atoms with Gasteiger partial charge in [-0.05, 0) is 19.4 Å². The number of aliphatic hydroxyl groups is 3. The number of β-amino-alcohol motifs (C(OH)–C–C–N with tert-alkyl or cyclic N) is 1. The number of halogens is 1. The number of carbonyl (C=O) groups excluding carboxylic acids is 1. The Balaban J connectivity index is 0.00000400. The van der Waals surface area contributed by atoms with E-state index in [9.17, 15) is 20.1 Å². The molecule has 1 rings (SSSR count). The fourth-order valence-corrected chi connectivity index (χ4v) is 2.06. The minimum atomic E-state index is -1.33. The van der Waals surface area contributed by atoms with Crippen LogP contribution in [0.1, 0.15) is 19.8 Å². The Morgan fingerprint density at radius 3 is 2.57 bits per heavy atom. The summed E-state index contributed by atoms with van der Waals surface area (Å²) in [5.74, 6) is -0.170. The van der Waals surface area contributed by atoms with Crippen LogP contribution in [0.3, 0.4) is 0 Å². The molecule has 4 N–H and O–H groups in total. The van der Waals surface area contributed by atoms with Gasteiger partial charge >= 0.3 is 0 Å². The van der Waals surface area contributed by atoms with Gasteiger partial charge in [-0.25, -0.2) is 0 Å². The minimum Gasteiger partial charge on any atom is -0.388 e. The van der Waals surface area contributed by atoms with Crippen molar-refractivity contribution in [2.45, 2.75) is 38.1 Å². The number of hydrogen-bond donors (Lipinski definition) is 4. The van der Waals surface area contributed by atoms with E-state index in [2.05, 4.69) is 5.32 Å². The number of nitrogens with one attached hydrogen (secondary N) is 1. The van der Waals surface area contributed by atoms with Crippen molar-refractivity contribution in [3.63, 3.8) is 0 Å². The molecule has 126 valence electrons. The zero-order valence-corrected chi connectivity index (χ0v) is 13.2. The predicted octanol–water partition coefficient (Wildman–Crippen LogP) is -1.26. The first-order valence-corrected chi connectivity index (χ1v) is 7.10. The molecule has 3 atom stereocenters. The Hall–Kier alpha value is -0.440. The summed E-state index contributed by atoms with van der Waals surface area (Å²) in [4.78, 5) is 12.9. The Bertz CT molecular complexity index is 296. The van der Waals surface area contributed by atoms with Gasteiger partial charge in [0.2, 0.25) is 5.91 Å². The van der Waals surface area contributed by atoms with Crippen LogP contribution in [0.5, 0.6) is 0 Å². The van der Waals surface area contributed by atoms with Crippen molar-refractivity contribution < 1.29 is 24.9 Å². The second kappa shape index (κ2) is 11.2. The van der Waals surface area contributed by atoms with E-state index in [0.29, 0.717) is 19.7 Å². The number of nitrogens with zero attached hydrogens (tertiary/aromatic N) is 1. The number of amides is 1. The first-order chi connectivity index (χ1) is 9.52. The van der Waals surface area contributed by atoms with Crippen molar-refractivity contribution in [3.05, 3.63) is 0 Å². The third kappa shape index (κ3) is 7.94. The maximum Gasteiger partial charge on any atom is 0.219 e. The van der Waals surface area contributed by atoms with E-state index in [-0.39, 0.29) is 31.5 Å².